The second-order valence-corrected chi connectivity index (χ2v) is 6.58. The molecule has 0 spiro atoms. The van der Waals surface area contributed by atoms with Gasteiger partial charge in [0.25, 0.3) is 0 Å². The highest BCUT2D eigenvalue weighted by Crippen LogP contribution is 2.25. The van der Waals surface area contributed by atoms with E-state index in [-0.39, 0.29) is 6.10 Å². The van der Waals surface area contributed by atoms with Gasteiger partial charge >= 0.3 is 0 Å². The average molecular weight is 286 g/mol. The van der Waals surface area contributed by atoms with Crippen LogP contribution >= 0.6 is 0 Å². The first-order chi connectivity index (χ1) is 9.58. The predicted octanol–water partition coefficient (Wildman–Crippen LogP) is 1.87. The molecule has 1 atom stereocenters. The zero-order valence-electron chi connectivity index (χ0n) is 13.6. The number of aliphatic hydroxyl groups excluding tert-OH is 1. The molecule has 0 amide bonds. The molecule has 20 heavy (non-hydrogen) atoms. The van der Waals surface area contributed by atoms with Crippen molar-refractivity contribution in [3.8, 4) is 0 Å². The third-order valence-electron chi connectivity index (χ3n) is 4.08. The Balaban J connectivity index is 1.91. The molecule has 0 heterocycles. The van der Waals surface area contributed by atoms with Gasteiger partial charge < -0.3 is 20.1 Å². The molecule has 0 aromatic carbocycles. The zero-order valence-corrected chi connectivity index (χ0v) is 13.6. The number of ether oxygens (including phenoxy) is 1. The van der Waals surface area contributed by atoms with E-state index in [9.17, 15) is 5.11 Å². The third kappa shape index (κ3) is 8.90. The summed E-state index contributed by atoms with van der Waals surface area (Å²) in [7, 11) is 4.20. The number of hydrogen-bond donors (Lipinski definition) is 2. The second-order valence-electron chi connectivity index (χ2n) is 6.58. The largest absolute Gasteiger partial charge is 0.389 e. The highest BCUT2D eigenvalue weighted by Gasteiger charge is 2.19. The van der Waals surface area contributed by atoms with Crippen molar-refractivity contribution < 1.29 is 9.84 Å². The summed E-state index contributed by atoms with van der Waals surface area (Å²) in [6, 6.07) is 0. The molecule has 4 heteroatoms. The van der Waals surface area contributed by atoms with Gasteiger partial charge in [-0.1, -0.05) is 6.92 Å². The minimum absolute atomic E-state index is 0.372. The monoisotopic (exact) mass is 286 g/mol. The van der Waals surface area contributed by atoms with Crippen LogP contribution in [0.5, 0.6) is 0 Å². The van der Waals surface area contributed by atoms with Crippen molar-refractivity contribution in [2.45, 2.75) is 57.7 Å². The van der Waals surface area contributed by atoms with Crippen molar-refractivity contribution >= 4 is 0 Å². The van der Waals surface area contributed by atoms with Crippen molar-refractivity contribution in [3.63, 3.8) is 0 Å². The summed E-state index contributed by atoms with van der Waals surface area (Å²) in [6.45, 7) is 5.54. The Bertz CT molecular complexity index is 229. The van der Waals surface area contributed by atoms with Gasteiger partial charge in [0.1, 0.15) is 0 Å². The summed E-state index contributed by atoms with van der Waals surface area (Å²) in [5.41, 5.74) is 0. The zero-order chi connectivity index (χ0) is 14.8. The van der Waals surface area contributed by atoms with Crippen molar-refractivity contribution in [2.75, 3.05) is 40.3 Å². The molecule has 0 aromatic rings. The highest BCUT2D eigenvalue weighted by atomic mass is 16.5. The van der Waals surface area contributed by atoms with Gasteiger partial charge in [-0.05, 0) is 71.6 Å². The molecule has 2 N–H and O–H groups in total. The van der Waals surface area contributed by atoms with Crippen LogP contribution in [0.3, 0.4) is 0 Å². The third-order valence-corrected chi connectivity index (χ3v) is 4.08. The van der Waals surface area contributed by atoms with Crippen LogP contribution in [0.2, 0.25) is 0 Å². The van der Waals surface area contributed by atoms with Crippen LogP contribution in [0.25, 0.3) is 0 Å². The Kier molecular flexibility index (Phi) is 9.44. The minimum atomic E-state index is -0.372. The molecule has 0 aromatic heterocycles. The normalized spacial score (nSPS) is 25.1. The van der Waals surface area contributed by atoms with Gasteiger partial charge in [-0.25, -0.2) is 0 Å². The molecule has 1 fully saturated rings. The number of hydrogen-bond acceptors (Lipinski definition) is 4. The van der Waals surface area contributed by atoms with Crippen LogP contribution < -0.4 is 5.32 Å². The number of aliphatic hydroxyl groups is 1. The minimum Gasteiger partial charge on any atom is -0.389 e. The van der Waals surface area contributed by atoms with Crippen molar-refractivity contribution in [1.29, 1.82) is 0 Å². The van der Waals surface area contributed by atoms with Gasteiger partial charge in [0.2, 0.25) is 0 Å². The van der Waals surface area contributed by atoms with Gasteiger partial charge in [0.05, 0.1) is 18.8 Å². The molecular formula is C16H34N2O2. The molecule has 1 saturated carbocycles. The standard InChI is InChI=1S/C16H34N2O2/c1-14-6-8-16(9-7-14)20-13-15(19)12-17-10-4-5-11-18(2)3/h14-17,19H,4-13H2,1-3H3. The predicted molar refractivity (Wildman–Crippen MR) is 84.0 cm³/mol. The van der Waals surface area contributed by atoms with Crippen LogP contribution in [0.15, 0.2) is 0 Å². The second kappa shape index (κ2) is 10.6. The van der Waals surface area contributed by atoms with E-state index in [0.29, 0.717) is 19.3 Å². The van der Waals surface area contributed by atoms with Crippen LogP contribution in [-0.2, 0) is 4.74 Å². The van der Waals surface area contributed by atoms with Crippen LogP contribution in [0, 0.1) is 5.92 Å². The van der Waals surface area contributed by atoms with Gasteiger partial charge in [-0.15, -0.1) is 0 Å². The summed E-state index contributed by atoms with van der Waals surface area (Å²) >= 11 is 0. The number of nitrogens with one attached hydrogen (secondary N) is 1. The van der Waals surface area contributed by atoms with E-state index in [0.717, 1.165) is 38.3 Å². The Morgan fingerprint density at radius 2 is 1.90 bits per heavy atom. The van der Waals surface area contributed by atoms with Crippen LogP contribution in [0.4, 0.5) is 0 Å². The van der Waals surface area contributed by atoms with E-state index in [2.05, 4.69) is 31.2 Å². The lowest BCUT2D eigenvalue weighted by atomic mass is 9.89. The maximum absolute atomic E-state index is 9.88. The topological polar surface area (TPSA) is 44.7 Å². The van der Waals surface area contributed by atoms with E-state index < -0.39 is 0 Å². The van der Waals surface area contributed by atoms with Crippen LogP contribution in [-0.4, -0.2) is 62.6 Å². The maximum atomic E-state index is 9.88. The summed E-state index contributed by atoms with van der Waals surface area (Å²) in [6.07, 6.45) is 7.22. The van der Waals surface area contributed by atoms with Gasteiger partial charge in [-0.3, -0.25) is 0 Å². The fourth-order valence-corrected chi connectivity index (χ4v) is 2.65. The summed E-state index contributed by atoms with van der Waals surface area (Å²) in [4.78, 5) is 2.20. The van der Waals surface area contributed by atoms with Crippen molar-refractivity contribution in [3.05, 3.63) is 0 Å². The first kappa shape index (κ1) is 17.9. The Morgan fingerprint density at radius 1 is 1.20 bits per heavy atom. The van der Waals surface area contributed by atoms with Gasteiger partial charge in [0, 0.05) is 6.54 Å². The number of unbranched alkanes of at least 4 members (excludes halogenated alkanes) is 1. The Morgan fingerprint density at radius 3 is 2.55 bits per heavy atom. The lowest BCUT2D eigenvalue weighted by molar-refractivity contribution is -0.0277. The summed E-state index contributed by atoms with van der Waals surface area (Å²) < 4.78 is 5.81. The fourth-order valence-electron chi connectivity index (χ4n) is 2.65. The summed E-state index contributed by atoms with van der Waals surface area (Å²) in [5, 5.41) is 13.2. The first-order valence-corrected chi connectivity index (χ1v) is 8.23. The van der Waals surface area contributed by atoms with Gasteiger partial charge in [-0.2, -0.15) is 0 Å². The van der Waals surface area contributed by atoms with E-state index in [1.165, 1.54) is 19.3 Å². The van der Waals surface area contributed by atoms with Crippen molar-refractivity contribution in [1.82, 2.24) is 10.2 Å². The number of nitrogens with zero attached hydrogens (tertiary/aromatic N) is 1. The molecule has 0 radical (unpaired) electrons. The maximum Gasteiger partial charge on any atom is 0.0897 e. The molecule has 1 aliphatic carbocycles. The van der Waals surface area contributed by atoms with E-state index >= 15 is 0 Å². The first-order valence-electron chi connectivity index (χ1n) is 8.23. The molecular weight excluding hydrogens is 252 g/mol. The molecule has 0 aliphatic heterocycles. The molecule has 0 saturated heterocycles. The lowest BCUT2D eigenvalue weighted by Gasteiger charge is -2.27. The van der Waals surface area contributed by atoms with Crippen molar-refractivity contribution in [2.24, 2.45) is 5.92 Å². The van der Waals surface area contributed by atoms with E-state index in [4.69, 9.17) is 4.74 Å². The molecule has 1 rings (SSSR count). The summed E-state index contributed by atoms with van der Waals surface area (Å²) in [5.74, 6) is 0.851. The fraction of sp³-hybridized carbons (Fsp3) is 1.00. The number of rotatable bonds is 10. The van der Waals surface area contributed by atoms with E-state index in [1.54, 1.807) is 0 Å². The Hall–Kier alpha value is -0.160. The SMILES string of the molecule is CC1CCC(OCC(O)CNCCCCN(C)C)CC1. The highest BCUT2D eigenvalue weighted by molar-refractivity contribution is 4.71. The Labute approximate surface area is 124 Å². The lowest BCUT2D eigenvalue weighted by Crippen LogP contribution is -2.33. The molecule has 120 valence electrons. The smallest absolute Gasteiger partial charge is 0.0897 e. The molecule has 1 aliphatic rings. The average Bonchev–Trinajstić information content (AvgIpc) is 2.41. The van der Waals surface area contributed by atoms with Gasteiger partial charge in [0.15, 0.2) is 0 Å². The van der Waals surface area contributed by atoms with Crippen LogP contribution in [0.1, 0.15) is 45.4 Å². The van der Waals surface area contributed by atoms with E-state index in [1.807, 2.05) is 0 Å². The molecule has 0 bridgehead atoms. The molecule has 1 unspecified atom stereocenters. The molecule has 4 nitrogen and oxygen atoms in total. The quantitative estimate of drug-likeness (QED) is 0.602.